The second kappa shape index (κ2) is 6.59. The molecule has 2 fully saturated rings. The van der Waals surface area contributed by atoms with Crippen LogP contribution in [0.5, 0.6) is 0 Å². The predicted octanol–water partition coefficient (Wildman–Crippen LogP) is 1.95. The van der Waals surface area contributed by atoms with Crippen molar-refractivity contribution in [2.75, 3.05) is 20.1 Å². The third-order valence-electron chi connectivity index (χ3n) is 6.31. The standard InChI is InChI=1S/C19H23N7OS/c1-24(12-15-20-7-10-28-15)14-11-19(14)4-8-26(9-5-19)18(27)13-3-6-21-17-16(13)22-23-25(17)2/h3,6-7,10,14H,4-5,8-9,11-12H2,1-2H3. The number of aromatic nitrogens is 5. The van der Waals surface area contributed by atoms with Crippen molar-refractivity contribution in [2.45, 2.75) is 31.8 Å². The molecule has 1 atom stereocenters. The van der Waals surface area contributed by atoms with E-state index in [1.54, 1.807) is 35.3 Å². The molecule has 0 aromatic carbocycles. The van der Waals surface area contributed by atoms with Gasteiger partial charge in [0.1, 0.15) is 10.5 Å². The number of carbonyl (C=O) groups is 1. The molecule has 2 aliphatic rings. The van der Waals surface area contributed by atoms with Crippen molar-refractivity contribution in [1.82, 2.24) is 34.8 Å². The number of carbonyl (C=O) groups excluding carboxylic acids is 1. The van der Waals surface area contributed by atoms with Crippen molar-refractivity contribution in [2.24, 2.45) is 12.5 Å². The normalized spacial score (nSPS) is 21.0. The van der Waals surface area contributed by atoms with Gasteiger partial charge in [-0.1, -0.05) is 5.21 Å². The Kier molecular flexibility index (Phi) is 4.17. The van der Waals surface area contributed by atoms with E-state index in [1.165, 1.54) is 11.4 Å². The minimum atomic E-state index is 0.0380. The van der Waals surface area contributed by atoms with Crippen LogP contribution in [0.1, 0.15) is 34.6 Å². The van der Waals surface area contributed by atoms with E-state index in [-0.39, 0.29) is 5.91 Å². The van der Waals surface area contributed by atoms with E-state index < -0.39 is 0 Å². The van der Waals surface area contributed by atoms with E-state index in [4.69, 9.17) is 0 Å². The van der Waals surface area contributed by atoms with Gasteiger partial charge in [0.2, 0.25) is 0 Å². The maximum atomic E-state index is 13.1. The van der Waals surface area contributed by atoms with Gasteiger partial charge in [-0.3, -0.25) is 9.69 Å². The molecule has 1 saturated heterocycles. The van der Waals surface area contributed by atoms with E-state index in [1.807, 2.05) is 16.5 Å². The van der Waals surface area contributed by atoms with Crippen molar-refractivity contribution in [3.8, 4) is 0 Å². The molecule has 0 radical (unpaired) electrons. The van der Waals surface area contributed by atoms with Gasteiger partial charge in [0.25, 0.3) is 5.91 Å². The highest BCUT2D eigenvalue weighted by Crippen LogP contribution is 2.56. The van der Waals surface area contributed by atoms with Crippen LogP contribution < -0.4 is 0 Å². The molecule has 0 bridgehead atoms. The van der Waals surface area contributed by atoms with E-state index in [2.05, 4.69) is 32.2 Å². The van der Waals surface area contributed by atoms with E-state index in [0.717, 1.165) is 32.5 Å². The zero-order chi connectivity index (χ0) is 19.3. The quantitative estimate of drug-likeness (QED) is 0.669. The molecular formula is C19H23N7OS. The Morgan fingerprint density at radius 1 is 1.32 bits per heavy atom. The third kappa shape index (κ3) is 2.89. The first-order valence-electron chi connectivity index (χ1n) is 9.60. The average molecular weight is 398 g/mol. The lowest BCUT2D eigenvalue weighted by Crippen LogP contribution is -2.41. The molecular weight excluding hydrogens is 374 g/mol. The van der Waals surface area contributed by atoms with Crippen LogP contribution in [0.3, 0.4) is 0 Å². The van der Waals surface area contributed by atoms with Gasteiger partial charge in [-0.05, 0) is 37.8 Å². The summed E-state index contributed by atoms with van der Waals surface area (Å²) in [4.78, 5) is 26.2. The number of aryl methyl sites for hydroxylation is 1. The van der Waals surface area contributed by atoms with Crippen molar-refractivity contribution in [3.05, 3.63) is 34.4 Å². The summed E-state index contributed by atoms with van der Waals surface area (Å²) in [6.07, 6.45) is 6.86. The molecule has 1 aliphatic heterocycles. The lowest BCUT2D eigenvalue weighted by Gasteiger charge is -2.34. The Morgan fingerprint density at radius 3 is 2.89 bits per heavy atom. The molecule has 0 N–H and O–H groups in total. The number of pyridine rings is 1. The number of hydrogen-bond acceptors (Lipinski definition) is 7. The van der Waals surface area contributed by atoms with Crippen LogP contribution in [0.4, 0.5) is 0 Å². The molecule has 1 unspecified atom stereocenters. The number of hydrogen-bond donors (Lipinski definition) is 0. The summed E-state index contributed by atoms with van der Waals surface area (Å²) < 4.78 is 1.60. The highest BCUT2D eigenvalue weighted by atomic mass is 32.1. The number of rotatable bonds is 4. The summed E-state index contributed by atoms with van der Waals surface area (Å²) in [6.45, 7) is 2.50. The molecule has 9 heteroatoms. The summed E-state index contributed by atoms with van der Waals surface area (Å²) in [5.41, 5.74) is 2.19. The number of amides is 1. The number of piperidine rings is 1. The van der Waals surface area contributed by atoms with E-state index in [9.17, 15) is 4.79 Å². The second-order valence-corrected chi connectivity index (χ2v) is 8.94. The zero-order valence-electron chi connectivity index (χ0n) is 16.1. The van der Waals surface area contributed by atoms with Crippen LogP contribution in [0, 0.1) is 5.41 Å². The highest BCUT2D eigenvalue weighted by Gasteiger charge is 2.56. The van der Waals surface area contributed by atoms with Crippen molar-refractivity contribution in [3.63, 3.8) is 0 Å². The molecule has 1 aliphatic carbocycles. The maximum absolute atomic E-state index is 13.1. The largest absolute Gasteiger partial charge is 0.339 e. The summed E-state index contributed by atoms with van der Waals surface area (Å²) in [5, 5.41) is 11.3. The van der Waals surface area contributed by atoms with Gasteiger partial charge in [-0.2, -0.15) is 0 Å². The third-order valence-corrected chi connectivity index (χ3v) is 7.08. The molecule has 146 valence electrons. The summed E-state index contributed by atoms with van der Waals surface area (Å²) >= 11 is 1.71. The Balaban J connectivity index is 1.24. The molecule has 8 nitrogen and oxygen atoms in total. The van der Waals surface area contributed by atoms with Crippen molar-refractivity contribution >= 4 is 28.4 Å². The molecule has 28 heavy (non-hydrogen) atoms. The Hall–Kier alpha value is -2.39. The van der Waals surface area contributed by atoms with Crippen LogP contribution in [0.2, 0.25) is 0 Å². The zero-order valence-corrected chi connectivity index (χ0v) is 16.9. The van der Waals surface area contributed by atoms with Gasteiger partial charge in [0.15, 0.2) is 5.65 Å². The lowest BCUT2D eigenvalue weighted by atomic mass is 9.92. The minimum Gasteiger partial charge on any atom is -0.339 e. The van der Waals surface area contributed by atoms with Crippen LogP contribution in [0.15, 0.2) is 23.8 Å². The average Bonchev–Trinajstić information content (AvgIpc) is 3.03. The van der Waals surface area contributed by atoms with Crippen molar-refractivity contribution < 1.29 is 4.79 Å². The smallest absolute Gasteiger partial charge is 0.256 e. The topological polar surface area (TPSA) is 80.0 Å². The fourth-order valence-corrected chi connectivity index (χ4v) is 5.25. The van der Waals surface area contributed by atoms with E-state index >= 15 is 0 Å². The summed E-state index contributed by atoms with van der Waals surface area (Å²) in [6, 6.07) is 2.35. The van der Waals surface area contributed by atoms with Gasteiger partial charge in [0.05, 0.1) is 12.1 Å². The van der Waals surface area contributed by atoms with Gasteiger partial charge in [0, 0.05) is 44.0 Å². The minimum absolute atomic E-state index is 0.0380. The van der Waals surface area contributed by atoms with Crippen LogP contribution in [-0.4, -0.2) is 66.8 Å². The van der Waals surface area contributed by atoms with Gasteiger partial charge in [-0.15, -0.1) is 16.4 Å². The van der Waals surface area contributed by atoms with Crippen molar-refractivity contribution in [1.29, 1.82) is 0 Å². The molecule has 1 saturated carbocycles. The summed E-state index contributed by atoms with van der Waals surface area (Å²) in [5.74, 6) is 0.0380. The maximum Gasteiger partial charge on any atom is 0.256 e. The number of likely N-dealkylation sites (tertiary alicyclic amines) is 1. The first-order chi connectivity index (χ1) is 13.6. The lowest BCUT2D eigenvalue weighted by molar-refractivity contribution is 0.0659. The molecule has 5 rings (SSSR count). The monoisotopic (exact) mass is 397 g/mol. The van der Waals surface area contributed by atoms with Crippen LogP contribution in [0.25, 0.3) is 11.2 Å². The fourth-order valence-electron chi connectivity index (χ4n) is 4.57. The highest BCUT2D eigenvalue weighted by molar-refractivity contribution is 7.09. The Labute approximate surface area is 167 Å². The van der Waals surface area contributed by atoms with Crippen LogP contribution >= 0.6 is 11.3 Å². The molecule has 3 aromatic heterocycles. The van der Waals surface area contributed by atoms with Gasteiger partial charge >= 0.3 is 0 Å². The molecule has 1 amide bonds. The summed E-state index contributed by atoms with van der Waals surface area (Å²) in [7, 11) is 3.98. The predicted molar refractivity (Wildman–Crippen MR) is 106 cm³/mol. The SMILES string of the molecule is CN(Cc1nccs1)C1CC12CCN(C(=O)c1ccnc3c1nnn3C)CC2. The van der Waals surface area contributed by atoms with Gasteiger partial charge < -0.3 is 4.90 Å². The van der Waals surface area contributed by atoms with Gasteiger partial charge in [-0.25, -0.2) is 14.6 Å². The Bertz CT molecular complexity index is 1010. The number of nitrogens with zero attached hydrogens (tertiary/aromatic N) is 7. The Morgan fingerprint density at radius 2 is 2.14 bits per heavy atom. The van der Waals surface area contributed by atoms with Crippen LogP contribution in [-0.2, 0) is 13.6 Å². The van der Waals surface area contributed by atoms with E-state index in [0.29, 0.717) is 28.2 Å². The first kappa shape index (κ1) is 17.7. The molecule has 3 aromatic rings. The number of fused-ring (bicyclic) bond motifs is 1. The molecule has 1 spiro atoms. The number of thiazole rings is 1. The molecule has 4 heterocycles. The first-order valence-corrected chi connectivity index (χ1v) is 10.5. The fraction of sp³-hybridized carbons (Fsp3) is 0.526. The second-order valence-electron chi connectivity index (χ2n) is 7.96.